The molecule has 0 bridgehead atoms. The minimum atomic E-state index is 0.329. The second kappa shape index (κ2) is 5.07. The molecule has 98 valence electrons. The molecular formula is C12H18N4O2. The summed E-state index contributed by atoms with van der Waals surface area (Å²) in [6.45, 7) is 6.67. The van der Waals surface area contributed by atoms with Gasteiger partial charge in [-0.15, -0.1) is 0 Å². The van der Waals surface area contributed by atoms with Gasteiger partial charge in [0.1, 0.15) is 12.3 Å². The van der Waals surface area contributed by atoms with E-state index in [1.54, 1.807) is 0 Å². The van der Waals surface area contributed by atoms with Gasteiger partial charge in [0.2, 0.25) is 5.88 Å². The maximum atomic E-state index is 5.62. The Morgan fingerprint density at radius 3 is 3.28 bits per heavy atom. The van der Waals surface area contributed by atoms with Gasteiger partial charge in [0, 0.05) is 19.6 Å². The molecule has 0 saturated carbocycles. The van der Waals surface area contributed by atoms with Crippen molar-refractivity contribution in [1.29, 1.82) is 0 Å². The normalized spacial score (nSPS) is 24.1. The summed E-state index contributed by atoms with van der Waals surface area (Å²) >= 11 is 0. The van der Waals surface area contributed by atoms with Gasteiger partial charge in [-0.3, -0.25) is 4.98 Å². The number of morpholine rings is 1. The molecule has 0 aliphatic carbocycles. The maximum Gasteiger partial charge on any atom is 0.239 e. The van der Waals surface area contributed by atoms with E-state index in [2.05, 4.69) is 27.1 Å². The van der Waals surface area contributed by atoms with Crippen molar-refractivity contribution >= 4 is 5.82 Å². The molecule has 1 aromatic rings. The van der Waals surface area contributed by atoms with Crippen molar-refractivity contribution in [3.8, 4) is 5.88 Å². The number of hydrogen-bond donors (Lipinski definition) is 1. The van der Waals surface area contributed by atoms with E-state index in [9.17, 15) is 0 Å². The minimum absolute atomic E-state index is 0.329. The van der Waals surface area contributed by atoms with Crippen LogP contribution in [0.2, 0.25) is 0 Å². The maximum absolute atomic E-state index is 5.62. The lowest BCUT2D eigenvalue weighted by Gasteiger charge is -2.34. The number of fused-ring (bicyclic) bond motifs is 1. The van der Waals surface area contributed by atoms with Gasteiger partial charge in [0.25, 0.3) is 0 Å². The van der Waals surface area contributed by atoms with Crippen LogP contribution in [0.25, 0.3) is 0 Å². The lowest BCUT2D eigenvalue weighted by molar-refractivity contribution is 0.0984. The molecule has 6 heteroatoms. The third-order valence-corrected chi connectivity index (χ3v) is 3.27. The highest BCUT2D eigenvalue weighted by atomic mass is 16.5. The number of nitrogens with zero attached hydrogens (tertiary/aromatic N) is 3. The van der Waals surface area contributed by atoms with Crippen molar-refractivity contribution in [2.24, 2.45) is 0 Å². The SMILES string of the molecule is C[C@@H]1COCCN1c1cnc2c(n1)OCCNC2. The zero-order valence-electron chi connectivity index (χ0n) is 10.6. The van der Waals surface area contributed by atoms with Gasteiger partial charge in [-0.05, 0) is 6.92 Å². The lowest BCUT2D eigenvalue weighted by Crippen LogP contribution is -2.44. The van der Waals surface area contributed by atoms with Crippen LogP contribution in [0, 0.1) is 0 Å². The summed E-state index contributed by atoms with van der Waals surface area (Å²) in [6, 6.07) is 0.329. The van der Waals surface area contributed by atoms with E-state index in [0.717, 1.165) is 44.4 Å². The average molecular weight is 250 g/mol. The van der Waals surface area contributed by atoms with E-state index in [-0.39, 0.29) is 0 Å². The van der Waals surface area contributed by atoms with E-state index in [1.165, 1.54) is 0 Å². The summed E-state index contributed by atoms with van der Waals surface area (Å²) in [5, 5.41) is 3.25. The molecule has 6 nitrogen and oxygen atoms in total. The van der Waals surface area contributed by atoms with Gasteiger partial charge in [-0.1, -0.05) is 0 Å². The second-order valence-electron chi connectivity index (χ2n) is 4.62. The zero-order chi connectivity index (χ0) is 12.4. The van der Waals surface area contributed by atoms with Crippen LogP contribution in [0.5, 0.6) is 5.88 Å². The molecule has 0 radical (unpaired) electrons. The van der Waals surface area contributed by atoms with Crippen LogP contribution in [0.3, 0.4) is 0 Å². The van der Waals surface area contributed by atoms with Gasteiger partial charge in [-0.25, -0.2) is 0 Å². The molecule has 2 aliphatic heterocycles. The van der Waals surface area contributed by atoms with Gasteiger partial charge < -0.3 is 19.7 Å². The second-order valence-corrected chi connectivity index (χ2v) is 4.62. The number of anilines is 1. The Morgan fingerprint density at radius 2 is 2.39 bits per heavy atom. The van der Waals surface area contributed by atoms with Gasteiger partial charge >= 0.3 is 0 Å². The number of hydrogen-bond acceptors (Lipinski definition) is 6. The number of ether oxygens (including phenoxy) is 2. The molecule has 1 fully saturated rings. The summed E-state index contributed by atoms with van der Waals surface area (Å²) in [5.74, 6) is 1.54. The monoisotopic (exact) mass is 250 g/mol. The van der Waals surface area contributed by atoms with Crippen LogP contribution in [0.1, 0.15) is 12.6 Å². The molecule has 1 aromatic heterocycles. The van der Waals surface area contributed by atoms with E-state index in [1.807, 2.05) is 6.20 Å². The highest BCUT2D eigenvalue weighted by molar-refractivity contribution is 5.41. The Morgan fingerprint density at radius 1 is 1.44 bits per heavy atom. The van der Waals surface area contributed by atoms with Crippen molar-refractivity contribution in [2.45, 2.75) is 19.5 Å². The molecule has 1 saturated heterocycles. The number of rotatable bonds is 1. The topological polar surface area (TPSA) is 59.5 Å². The van der Waals surface area contributed by atoms with E-state index < -0.39 is 0 Å². The van der Waals surface area contributed by atoms with Gasteiger partial charge in [0.05, 0.1) is 25.5 Å². The highest BCUT2D eigenvalue weighted by Gasteiger charge is 2.22. The Balaban J connectivity index is 1.86. The first-order valence-electron chi connectivity index (χ1n) is 6.38. The van der Waals surface area contributed by atoms with Crippen molar-refractivity contribution in [2.75, 3.05) is 37.8 Å². The van der Waals surface area contributed by atoms with Crippen LogP contribution >= 0.6 is 0 Å². The molecule has 18 heavy (non-hydrogen) atoms. The molecule has 1 N–H and O–H groups in total. The highest BCUT2D eigenvalue weighted by Crippen LogP contribution is 2.22. The fourth-order valence-electron chi connectivity index (χ4n) is 2.26. The van der Waals surface area contributed by atoms with Crippen molar-refractivity contribution in [3.05, 3.63) is 11.9 Å². The third kappa shape index (κ3) is 2.26. The van der Waals surface area contributed by atoms with Crippen LogP contribution in [-0.4, -0.2) is 48.9 Å². The number of nitrogens with one attached hydrogen (secondary N) is 1. The first-order valence-corrected chi connectivity index (χ1v) is 6.38. The zero-order valence-corrected chi connectivity index (χ0v) is 10.6. The molecule has 1 atom stereocenters. The average Bonchev–Trinajstić information content (AvgIpc) is 2.63. The summed E-state index contributed by atoms with van der Waals surface area (Å²) < 4.78 is 11.1. The van der Waals surface area contributed by atoms with Gasteiger partial charge in [0.15, 0.2) is 5.82 Å². The van der Waals surface area contributed by atoms with E-state index in [0.29, 0.717) is 18.5 Å². The van der Waals surface area contributed by atoms with Crippen LogP contribution in [0.15, 0.2) is 6.20 Å². The Hall–Kier alpha value is -1.40. The van der Waals surface area contributed by atoms with Crippen molar-refractivity contribution in [1.82, 2.24) is 15.3 Å². The standard InChI is InChI=1S/C12H18N4O2/c1-9-8-17-5-3-16(9)11-7-14-10-6-13-2-4-18-12(10)15-11/h7,9,13H,2-6,8H2,1H3/t9-/m1/s1. The Bertz CT molecular complexity index is 427. The fourth-order valence-corrected chi connectivity index (χ4v) is 2.26. The lowest BCUT2D eigenvalue weighted by atomic mass is 10.2. The molecule has 2 aliphatic rings. The molecule has 3 heterocycles. The smallest absolute Gasteiger partial charge is 0.239 e. The first-order chi connectivity index (χ1) is 8.84. The largest absolute Gasteiger partial charge is 0.475 e. The van der Waals surface area contributed by atoms with Crippen LogP contribution in [0.4, 0.5) is 5.82 Å². The molecule has 0 spiro atoms. The first kappa shape index (κ1) is 11.7. The van der Waals surface area contributed by atoms with Crippen LogP contribution < -0.4 is 15.0 Å². The molecule has 3 rings (SSSR count). The van der Waals surface area contributed by atoms with Crippen molar-refractivity contribution in [3.63, 3.8) is 0 Å². The predicted molar refractivity (Wildman–Crippen MR) is 66.9 cm³/mol. The molecule has 0 amide bonds. The fraction of sp³-hybridized carbons (Fsp3) is 0.667. The number of aromatic nitrogens is 2. The molecular weight excluding hydrogens is 232 g/mol. The third-order valence-electron chi connectivity index (χ3n) is 3.27. The summed E-state index contributed by atoms with van der Waals surface area (Å²) in [4.78, 5) is 11.3. The minimum Gasteiger partial charge on any atom is -0.475 e. The van der Waals surface area contributed by atoms with Crippen molar-refractivity contribution < 1.29 is 9.47 Å². The van der Waals surface area contributed by atoms with Gasteiger partial charge in [-0.2, -0.15) is 4.98 Å². The van der Waals surface area contributed by atoms with Crippen LogP contribution in [-0.2, 0) is 11.3 Å². The Kier molecular flexibility index (Phi) is 3.29. The molecule has 0 aromatic carbocycles. The Labute approximate surface area is 106 Å². The van der Waals surface area contributed by atoms with E-state index >= 15 is 0 Å². The van der Waals surface area contributed by atoms with E-state index in [4.69, 9.17) is 9.47 Å². The predicted octanol–water partition coefficient (Wildman–Crippen LogP) is 0.184. The summed E-state index contributed by atoms with van der Waals surface area (Å²) in [6.07, 6.45) is 1.83. The summed E-state index contributed by atoms with van der Waals surface area (Å²) in [7, 11) is 0. The molecule has 0 unspecified atom stereocenters. The summed E-state index contributed by atoms with van der Waals surface area (Å²) in [5.41, 5.74) is 0.886. The quantitative estimate of drug-likeness (QED) is 0.767.